The highest BCUT2D eigenvalue weighted by molar-refractivity contribution is 9.10. The summed E-state index contributed by atoms with van der Waals surface area (Å²) in [4.78, 5) is 10.7. The molecule has 1 rings (SSSR count). The summed E-state index contributed by atoms with van der Waals surface area (Å²) in [5.74, 6) is 1.00. The lowest BCUT2D eigenvalue weighted by Gasteiger charge is -2.11. The van der Waals surface area contributed by atoms with Crippen LogP contribution in [0.3, 0.4) is 0 Å². The molecule has 1 atom stereocenters. The van der Waals surface area contributed by atoms with Gasteiger partial charge < -0.3 is 14.2 Å². The van der Waals surface area contributed by atoms with Gasteiger partial charge in [-0.3, -0.25) is 4.79 Å². The third-order valence-electron chi connectivity index (χ3n) is 1.98. The van der Waals surface area contributed by atoms with Gasteiger partial charge in [0.05, 0.1) is 18.7 Å². The highest BCUT2D eigenvalue weighted by Gasteiger charge is 2.16. The zero-order valence-corrected chi connectivity index (χ0v) is 12.6. The molecule has 94 valence electrons. The second kappa shape index (κ2) is 6.86. The van der Waals surface area contributed by atoms with Crippen LogP contribution in [0.4, 0.5) is 0 Å². The van der Waals surface area contributed by atoms with Gasteiger partial charge in [0.1, 0.15) is 22.9 Å². The SMILES string of the molecule is COC(=O)C(Br)COc1ccc(OC)cc1Br. The van der Waals surface area contributed by atoms with E-state index in [1.807, 2.05) is 0 Å². The molecule has 0 aliphatic carbocycles. The van der Waals surface area contributed by atoms with Crippen LogP contribution in [-0.4, -0.2) is 31.6 Å². The fourth-order valence-corrected chi connectivity index (χ4v) is 1.88. The van der Waals surface area contributed by atoms with Gasteiger partial charge >= 0.3 is 5.97 Å². The first-order valence-corrected chi connectivity index (χ1v) is 6.47. The minimum atomic E-state index is -0.485. The third-order valence-corrected chi connectivity index (χ3v) is 3.24. The van der Waals surface area contributed by atoms with Gasteiger partial charge in [0, 0.05) is 0 Å². The van der Waals surface area contributed by atoms with Gasteiger partial charge in [0.2, 0.25) is 0 Å². The molecule has 4 nitrogen and oxygen atoms in total. The molecule has 0 heterocycles. The predicted molar refractivity (Wildman–Crippen MR) is 70.9 cm³/mol. The highest BCUT2D eigenvalue weighted by Crippen LogP contribution is 2.29. The molecule has 1 unspecified atom stereocenters. The van der Waals surface area contributed by atoms with Gasteiger partial charge in [-0.15, -0.1) is 0 Å². The Hall–Kier alpha value is -0.750. The molecule has 1 aromatic rings. The van der Waals surface area contributed by atoms with Crippen molar-refractivity contribution in [3.05, 3.63) is 22.7 Å². The van der Waals surface area contributed by atoms with Gasteiger partial charge in [0.25, 0.3) is 0 Å². The molecular weight excluding hydrogens is 356 g/mol. The molecule has 0 spiro atoms. The first kappa shape index (κ1) is 14.3. The fourth-order valence-electron chi connectivity index (χ4n) is 1.08. The summed E-state index contributed by atoms with van der Waals surface area (Å²) in [5, 5.41) is 0. The summed E-state index contributed by atoms with van der Waals surface area (Å²) in [5.41, 5.74) is 0. The Kier molecular flexibility index (Phi) is 5.77. The Morgan fingerprint density at radius 2 is 2.12 bits per heavy atom. The number of hydrogen-bond acceptors (Lipinski definition) is 4. The molecule has 0 saturated carbocycles. The van der Waals surface area contributed by atoms with Gasteiger partial charge in [-0.25, -0.2) is 0 Å². The topological polar surface area (TPSA) is 44.8 Å². The molecule has 0 saturated heterocycles. The van der Waals surface area contributed by atoms with Gasteiger partial charge in [-0.2, -0.15) is 0 Å². The number of carbonyl (C=O) groups excluding carboxylic acids is 1. The molecule has 0 radical (unpaired) electrons. The van der Waals surface area contributed by atoms with Crippen LogP contribution in [-0.2, 0) is 9.53 Å². The number of ether oxygens (including phenoxy) is 3. The zero-order valence-electron chi connectivity index (χ0n) is 9.41. The first-order chi connectivity index (χ1) is 8.08. The van der Waals surface area contributed by atoms with Crippen LogP contribution in [0.15, 0.2) is 22.7 Å². The average molecular weight is 368 g/mol. The zero-order chi connectivity index (χ0) is 12.8. The van der Waals surface area contributed by atoms with E-state index < -0.39 is 4.83 Å². The summed E-state index contributed by atoms with van der Waals surface area (Å²) >= 11 is 6.53. The Bertz CT molecular complexity index is 395. The lowest BCUT2D eigenvalue weighted by atomic mass is 10.3. The van der Waals surface area contributed by atoms with E-state index in [2.05, 4.69) is 36.6 Å². The molecule has 0 N–H and O–H groups in total. The molecule has 1 aromatic carbocycles. The van der Waals surface area contributed by atoms with E-state index in [0.29, 0.717) is 5.75 Å². The maximum absolute atomic E-state index is 11.1. The molecule has 0 bridgehead atoms. The van der Waals surface area contributed by atoms with Crippen LogP contribution in [0.2, 0.25) is 0 Å². The summed E-state index contributed by atoms with van der Waals surface area (Å²) < 4.78 is 15.9. The Labute approximate surface area is 116 Å². The van der Waals surface area contributed by atoms with E-state index in [4.69, 9.17) is 9.47 Å². The van der Waals surface area contributed by atoms with Crippen molar-refractivity contribution < 1.29 is 19.0 Å². The number of halogens is 2. The van der Waals surface area contributed by atoms with Crippen LogP contribution >= 0.6 is 31.9 Å². The van der Waals surface area contributed by atoms with Crippen LogP contribution < -0.4 is 9.47 Å². The second-order valence-corrected chi connectivity index (χ2v) is 5.06. The minimum Gasteiger partial charge on any atom is -0.497 e. The van der Waals surface area contributed by atoms with Crippen molar-refractivity contribution in [3.63, 3.8) is 0 Å². The van der Waals surface area contributed by atoms with Crippen molar-refractivity contribution >= 4 is 37.8 Å². The Morgan fingerprint density at radius 3 is 2.65 bits per heavy atom. The van der Waals surface area contributed by atoms with Crippen molar-refractivity contribution in [2.45, 2.75) is 4.83 Å². The summed E-state index contributed by atoms with van der Waals surface area (Å²) in [6.07, 6.45) is 0. The molecule has 17 heavy (non-hydrogen) atoms. The maximum Gasteiger partial charge on any atom is 0.322 e. The van der Waals surface area contributed by atoms with Gasteiger partial charge in [0.15, 0.2) is 0 Å². The van der Waals surface area contributed by atoms with E-state index in [0.717, 1.165) is 10.2 Å². The molecule has 0 fully saturated rings. The Balaban J connectivity index is 2.60. The quantitative estimate of drug-likeness (QED) is 0.593. The lowest BCUT2D eigenvalue weighted by molar-refractivity contribution is -0.140. The number of alkyl halides is 1. The molecular formula is C11H12Br2O4. The predicted octanol–water partition coefficient (Wildman–Crippen LogP) is 2.77. The lowest BCUT2D eigenvalue weighted by Crippen LogP contribution is -2.23. The van der Waals surface area contributed by atoms with Crippen molar-refractivity contribution in [2.75, 3.05) is 20.8 Å². The number of esters is 1. The van der Waals surface area contributed by atoms with Gasteiger partial charge in [-0.05, 0) is 34.1 Å². The van der Waals surface area contributed by atoms with Crippen LogP contribution in [0.1, 0.15) is 0 Å². The van der Waals surface area contributed by atoms with Crippen LogP contribution in [0, 0.1) is 0 Å². The average Bonchev–Trinajstić information content (AvgIpc) is 2.35. The largest absolute Gasteiger partial charge is 0.497 e. The maximum atomic E-state index is 11.1. The van der Waals surface area contributed by atoms with Crippen molar-refractivity contribution in [2.24, 2.45) is 0 Å². The standard InChI is InChI=1S/C11H12Br2O4/c1-15-7-3-4-10(8(12)5-7)17-6-9(13)11(14)16-2/h3-5,9H,6H2,1-2H3. The smallest absolute Gasteiger partial charge is 0.322 e. The van der Waals surface area contributed by atoms with Crippen molar-refractivity contribution in [1.82, 2.24) is 0 Å². The van der Waals surface area contributed by atoms with E-state index in [-0.39, 0.29) is 12.6 Å². The van der Waals surface area contributed by atoms with E-state index in [9.17, 15) is 4.79 Å². The molecule has 0 aliphatic heterocycles. The minimum absolute atomic E-state index is 0.192. The molecule has 0 aromatic heterocycles. The number of methoxy groups -OCH3 is 2. The monoisotopic (exact) mass is 366 g/mol. The van der Waals surface area contributed by atoms with Crippen molar-refractivity contribution in [3.8, 4) is 11.5 Å². The summed E-state index contributed by atoms with van der Waals surface area (Å²) in [7, 11) is 2.92. The van der Waals surface area contributed by atoms with Crippen LogP contribution in [0.25, 0.3) is 0 Å². The first-order valence-electron chi connectivity index (χ1n) is 4.76. The number of hydrogen-bond donors (Lipinski definition) is 0. The van der Waals surface area contributed by atoms with Crippen LogP contribution in [0.5, 0.6) is 11.5 Å². The second-order valence-electron chi connectivity index (χ2n) is 3.10. The highest BCUT2D eigenvalue weighted by atomic mass is 79.9. The Morgan fingerprint density at radius 1 is 1.41 bits per heavy atom. The van der Waals surface area contributed by atoms with E-state index >= 15 is 0 Å². The molecule has 0 amide bonds. The van der Waals surface area contributed by atoms with E-state index in [1.165, 1.54) is 7.11 Å². The normalized spacial score (nSPS) is 11.8. The van der Waals surface area contributed by atoms with E-state index in [1.54, 1.807) is 25.3 Å². The number of rotatable bonds is 5. The number of benzene rings is 1. The summed E-state index contributed by atoms with van der Waals surface area (Å²) in [6, 6.07) is 5.33. The summed E-state index contributed by atoms with van der Waals surface area (Å²) in [6.45, 7) is 0.192. The molecule has 6 heteroatoms. The fraction of sp³-hybridized carbons (Fsp3) is 0.364. The van der Waals surface area contributed by atoms with Crippen molar-refractivity contribution in [1.29, 1.82) is 0 Å². The molecule has 0 aliphatic rings. The third kappa shape index (κ3) is 4.20. The van der Waals surface area contributed by atoms with Gasteiger partial charge in [-0.1, -0.05) is 15.9 Å². The number of carbonyl (C=O) groups is 1.